The first-order valence-corrected chi connectivity index (χ1v) is 10.6. The number of hydrogen-bond acceptors (Lipinski definition) is 5. The van der Waals surface area contributed by atoms with E-state index >= 15 is 0 Å². The van der Waals surface area contributed by atoms with Crippen molar-refractivity contribution >= 4 is 24.8 Å². The highest BCUT2D eigenvalue weighted by Gasteiger charge is 2.35. The molecule has 3 N–H and O–H groups in total. The number of nitrogens with two attached hydrogens (primary N) is 1. The van der Waals surface area contributed by atoms with Gasteiger partial charge in [0.05, 0.1) is 19.3 Å². The fourth-order valence-electron chi connectivity index (χ4n) is 4.84. The number of likely N-dealkylation sites (tertiary alicyclic amines) is 1. The van der Waals surface area contributed by atoms with Crippen molar-refractivity contribution < 1.29 is 14.6 Å². The molecule has 0 radical (unpaired) electrons. The molecule has 2 aliphatic heterocycles. The van der Waals surface area contributed by atoms with Crippen LogP contribution in [0.15, 0.2) is 36.4 Å². The number of aromatic hydroxyl groups is 1. The lowest BCUT2D eigenvalue weighted by Crippen LogP contribution is -2.42. The minimum absolute atomic E-state index is 0. The van der Waals surface area contributed by atoms with Crippen LogP contribution in [-0.4, -0.2) is 42.9 Å². The summed E-state index contributed by atoms with van der Waals surface area (Å²) in [5, 5.41) is 10.6. The van der Waals surface area contributed by atoms with Crippen molar-refractivity contribution in [3.63, 3.8) is 0 Å². The first-order chi connectivity index (χ1) is 14.1. The Bertz CT molecular complexity index is 857. The standard InChI is InChI=1S/C24H32N2O3.2ClH/c1-16-7-8-19-20(24(16)27)13-22(29-23(19)14-25)17-9-11-26(12-10-17)15-18-5-3-4-6-21(18)28-2;;/h3-8,17,22-23,27H,9-15,25H2,1-2H3;2*1H/t22-,23-;;/m0../s1. The van der Waals surface area contributed by atoms with Crippen molar-refractivity contribution in [3.8, 4) is 11.5 Å². The Kier molecular flexibility index (Phi) is 9.46. The van der Waals surface area contributed by atoms with Gasteiger partial charge in [-0.25, -0.2) is 0 Å². The Hall–Kier alpha value is -1.50. The maximum atomic E-state index is 10.6. The second kappa shape index (κ2) is 11.4. The van der Waals surface area contributed by atoms with Crippen LogP contribution in [0.1, 0.15) is 41.2 Å². The van der Waals surface area contributed by atoms with Crippen LogP contribution in [0.3, 0.4) is 0 Å². The largest absolute Gasteiger partial charge is 0.507 e. The molecular formula is C24H34Cl2N2O3. The van der Waals surface area contributed by atoms with Gasteiger partial charge in [0, 0.05) is 30.6 Å². The normalized spacial score (nSPS) is 21.5. The van der Waals surface area contributed by atoms with Crippen LogP contribution in [0.25, 0.3) is 0 Å². The number of para-hydroxylation sites is 1. The highest BCUT2D eigenvalue weighted by Crippen LogP contribution is 2.40. The number of methoxy groups -OCH3 is 1. The quantitative estimate of drug-likeness (QED) is 0.679. The SMILES string of the molecule is COc1ccccc1CN1CCC([C@@H]2Cc3c(ccc(C)c3O)[C@H](CN)O2)CC1.Cl.Cl. The molecule has 7 heteroatoms. The lowest BCUT2D eigenvalue weighted by molar-refractivity contribution is -0.0651. The van der Waals surface area contributed by atoms with Crippen LogP contribution in [0.5, 0.6) is 11.5 Å². The van der Waals surface area contributed by atoms with E-state index in [-0.39, 0.29) is 37.0 Å². The third kappa shape index (κ3) is 5.47. The molecule has 2 heterocycles. The first kappa shape index (κ1) is 25.8. The Balaban J connectivity index is 0.00000171. The summed E-state index contributed by atoms with van der Waals surface area (Å²) in [4.78, 5) is 2.49. The minimum atomic E-state index is -0.123. The molecule has 1 fully saturated rings. The fraction of sp³-hybridized carbons (Fsp3) is 0.500. The molecule has 31 heavy (non-hydrogen) atoms. The number of hydrogen-bond donors (Lipinski definition) is 2. The van der Waals surface area contributed by atoms with E-state index in [4.69, 9.17) is 15.2 Å². The van der Waals surface area contributed by atoms with Gasteiger partial charge in [-0.1, -0.05) is 30.3 Å². The zero-order chi connectivity index (χ0) is 20.4. The van der Waals surface area contributed by atoms with E-state index in [1.165, 1.54) is 5.56 Å². The molecule has 0 amide bonds. The number of nitrogens with zero attached hydrogens (tertiary/aromatic N) is 1. The lowest BCUT2D eigenvalue weighted by Gasteiger charge is -2.40. The Labute approximate surface area is 197 Å². The average molecular weight is 469 g/mol. The van der Waals surface area contributed by atoms with Crippen LogP contribution in [0, 0.1) is 12.8 Å². The van der Waals surface area contributed by atoms with Gasteiger partial charge in [0.2, 0.25) is 0 Å². The van der Waals surface area contributed by atoms with Crippen LogP contribution in [0.2, 0.25) is 0 Å². The molecule has 2 atom stereocenters. The molecule has 1 saturated heterocycles. The zero-order valence-corrected chi connectivity index (χ0v) is 19.9. The highest BCUT2D eigenvalue weighted by atomic mass is 35.5. The van der Waals surface area contributed by atoms with Crippen molar-refractivity contribution in [2.24, 2.45) is 11.7 Å². The van der Waals surface area contributed by atoms with Crippen LogP contribution >= 0.6 is 24.8 Å². The van der Waals surface area contributed by atoms with E-state index < -0.39 is 0 Å². The minimum Gasteiger partial charge on any atom is -0.507 e. The van der Waals surface area contributed by atoms with Gasteiger partial charge >= 0.3 is 0 Å². The summed E-state index contributed by atoms with van der Waals surface area (Å²) < 4.78 is 11.9. The van der Waals surface area contributed by atoms with Crippen molar-refractivity contribution in [1.82, 2.24) is 4.90 Å². The van der Waals surface area contributed by atoms with E-state index in [2.05, 4.69) is 23.1 Å². The van der Waals surface area contributed by atoms with Gasteiger partial charge in [-0.2, -0.15) is 0 Å². The van der Waals surface area contributed by atoms with Gasteiger partial charge < -0.3 is 20.3 Å². The van der Waals surface area contributed by atoms with E-state index in [0.717, 1.165) is 61.3 Å². The average Bonchev–Trinajstić information content (AvgIpc) is 2.76. The summed E-state index contributed by atoms with van der Waals surface area (Å²) in [7, 11) is 1.73. The number of fused-ring (bicyclic) bond motifs is 1. The van der Waals surface area contributed by atoms with Gasteiger partial charge in [0.15, 0.2) is 0 Å². The number of benzene rings is 2. The highest BCUT2D eigenvalue weighted by molar-refractivity contribution is 5.85. The molecular weight excluding hydrogens is 435 g/mol. The third-order valence-electron chi connectivity index (χ3n) is 6.57. The molecule has 2 aliphatic rings. The molecule has 0 saturated carbocycles. The first-order valence-electron chi connectivity index (χ1n) is 10.6. The number of rotatable bonds is 5. The van der Waals surface area contributed by atoms with Gasteiger partial charge in [-0.15, -0.1) is 24.8 Å². The fourth-order valence-corrected chi connectivity index (χ4v) is 4.84. The summed E-state index contributed by atoms with van der Waals surface area (Å²) in [6.07, 6.45) is 2.97. The second-order valence-corrected chi connectivity index (χ2v) is 8.33. The predicted octanol–water partition coefficient (Wildman–Crippen LogP) is 4.41. The number of aryl methyl sites for hydroxylation is 1. The van der Waals surface area contributed by atoms with Crippen LogP contribution in [0.4, 0.5) is 0 Å². The number of phenolic OH excluding ortho intramolecular Hbond substituents is 1. The number of halogens is 2. The molecule has 0 aromatic heterocycles. The molecule has 0 bridgehead atoms. The topological polar surface area (TPSA) is 68.0 Å². The third-order valence-corrected chi connectivity index (χ3v) is 6.57. The summed E-state index contributed by atoms with van der Waals surface area (Å²) in [6, 6.07) is 12.3. The van der Waals surface area contributed by atoms with E-state index in [1.54, 1.807) is 7.11 Å². The second-order valence-electron chi connectivity index (χ2n) is 8.33. The summed E-state index contributed by atoms with van der Waals surface area (Å²) >= 11 is 0. The number of phenols is 1. The molecule has 5 nitrogen and oxygen atoms in total. The van der Waals surface area contributed by atoms with E-state index in [9.17, 15) is 5.11 Å². The van der Waals surface area contributed by atoms with Crippen LogP contribution < -0.4 is 10.5 Å². The molecule has 2 aromatic carbocycles. The van der Waals surface area contributed by atoms with E-state index in [1.807, 2.05) is 25.1 Å². The summed E-state index contributed by atoms with van der Waals surface area (Å²) in [5.74, 6) is 1.87. The smallest absolute Gasteiger partial charge is 0.123 e. The Morgan fingerprint density at radius 3 is 2.52 bits per heavy atom. The van der Waals surface area contributed by atoms with Crippen molar-refractivity contribution in [1.29, 1.82) is 0 Å². The Morgan fingerprint density at radius 1 is 1.13 bits per heavy atom. The predicted molar refractivity (Wildman–Crippen MR) is 129 cm³/mol. The van der Waals surface area contributed by atoms with Crippen molar-refractivity contribution in [2.45, 2.75) is 44.9 Å². The van der Waals surface area contributed by atoms with Crippen LogP contribution in [-0.2, 0) is 17.7 Å². The molecule has 172 valence electrons. The monoisotopic (exact) mass is 468 g/mol. The lowest BCUT2D eigenvalue weighted by atomic mass is 9.83. The molecule has 0 unspecified atom stereocenters. The van der Waals surface area contributed by atoms with Crippen molar-refractivity contribution in [2.75, 3.05) is 26.7 Å². The van der Waals surface area contributed by atoms with Gasteiger partial charge in [-0.3, -0.25) is 4.90 Å². The maximum Gasteiger partial charge on any atom is 0.123 e. The van der Waals surface area contributed by atoms with Gasteiger partial charge in [0.25, 0.3) is 0 Å². The summed E-state index contributed by atoms with van der Waals surface area (Å²) in [5.41, 5.74) is 10.3. The molecule has 0 aliphatic carbocycles. The Morgan fingerprint density at radius 2 is 1.84 bits per heavy atom. The van der Waals surface area contributed by atoms with Gasteiger partial charge in [0.1, 0.15) is 11.5 Å². The van der Waals surface area contributed by atoms with E-state index in [0.29, 0.717) is 18.2 Å². The number of ether oxygens (including phenoxy) is 2. The molecule has 2 aromatic rings. The zero-order valence-electron chi connectivity index (χ0n) is 18.3. The van der Waals surface area contributed by atoms with Gasteiger partial charge in [-0.05, 0) is 56.0 Å². The maximum absolute atomic E-state index is 10.6. The molecule has 4 rings (SSSR count). The molecule has 0 spiro atoms. The summed E-state index contributed by atoms with van der Waals surface area (Å²) in [6.45, 7) is 5.40. The van der Waals surface area contributed by atoms with Crippen molar-refractivity contribution in [3.05, 3.63) is 58.7 Å². The number of piperidine rings is 1.